The van der Waals surface area contributed by atoms with E-state index in [4.69, 9.17) is 9.47 Å². The first-order valence-corrected chi connectivity index (χ1v) is 24.1. The number of rotatable bonds is 13. The summed E-state index contributed by atoms with van der Waals surface area (Å²) in [6.45, 7) is 6.56. The van der Waals surface area contributed by atoms with E-state index in [0.29, 0.717) is 54.6 Å². The Morgan fingerprint density at radius 3 is 2.52 bits per heavy atom. The number of piperidine rings is 1. The molecule has 1 amide bonds. The molecule has 3 N–H and O–H groups in total. The Hall–Kier alpha value is -5.62. The van der Waals surface area contributed by atoms with E-state index in [1.807, 2.05) is 12.1 Å². The summed E-state index contributed by atoms with van der Waals surface area (Å²) >= 11 is 0. The number of hydrogen-bond acceptors (Lipinski definition) is 13. The molecule has 0 radical (unpaired) electrons. The average Bonchev–Trinajstić information content (AvgIpc) is 4.04. The predicted octanol–water partition coefficient (Wildman–Crippen LogP) is 7.23. The van der Waals surface area contributed by atoms with E-state index in [0.717, 1.165) is 81.7 Å². The van der Waals surface area contributed by atoms with Crippen LogP contribution in [0, 0.1) is 21.4 Å². The molecule has 1 spiro atoms. The number of carbonyl (C=O) groups excluding carboxylic acids is 1. The van der Waals surface area contributed by atoms with Crippen LogP contribution in [0.2, 0.25) is 0 Å². The molecule has 6 heterocycles. The van der Waals surface area contributed by atoms with Crippen LogP contribution in [-0.4, -0.2) is 110 Å². The van der Waals surface area contributed by atoms with Gasteiger partial charge in [0.15, 0.2) is 0 Å². The Morgan fingerprint density at radius 2 is 1.75 bits per heavy atom. The van der Waals surface area contributed by atoms with Gasteiger partial charge in [-0.15, -0.1) is 0 Å². The van der Waals surface area contributed by atoms with Crippen LogP contribution in [0.1, 0.15) is 84.8 Å². The minimum atomic E-state index is -4.60. The molecule has 2 saturated carbocycles. The number of benzene rings is 2. The third-order valence-corrected chi connectivity index (χ3v) is 15.6. The molecule has 17 heteroatoms. The lowest BCUT2D eigenvalue weighted by Crippen LogP contribution is -2.59. The molecule has 10 rings (SSSR count). The fraction of sp³-hybridized carbons (Fsp3) is 0.468. The minimum absolute atomic E-state index is 0.0287. The van der Waals surface area contributed by atoms with Crippen LogP contribution < -0.4 is 19.7 Å². The number of H-pyrrole nitrogens is 1. The topological polar surface area (TPSA) is 188 Å². The summed E-state index contributed by atoms with van der Waals surface area (Å²) in [6.07, 6.45) is 13.0. The van der Waals surface area contributed by atoms with E-state index in [1.54, 1.807) is 36.2 Å². The van der Waals surface area contributed by atoms with Crippen molar-refractivity contribution < 1.29 is 27.6 Å². The summed E-state index contributed by atoms with van der Waals surface area (Å²) in [4.78, 5) is 44.0. The molecule has 16 nitrogen and oxygen atoms in total. The first-order chi connectivity index (χ1) is 31.0. The molecule has 1 atom stereocenters. The number of nitrogens with one attached hydrogen (secondary N) is 3. The highest BCUT2D eigenvalue weighted by Crippen LogP contribution is 2.54. The Bertz CT molecular complexity index is 2650. The molecule has 5 fully saturated rings. The Labute approximate surface area is 372 Å². The predicted molar refractivity (Wildman–Crippen MR) is 242 cm³/mol. The zero-order valence-electron chi connectivity index (χ0n) is 36.1. The van der Waals surface area contributed by atoms with Crippen molar-refractivity contribution >= 4 is 44.2 Å². The molecular weight excluding hydrogens is 835 g/mol. The lowest BCUT2D eigenvalue weighted by atomic mass is 9.59. The number of fused-ring (bicyclic) bond motifs is 1. The number of hydrogen-bond donors (Lipinski definition) is 3. The fourth-order valence-corrected chi connectivity index (χ4v) is 11.3. The lowest BCUT2D eigenvalue weighted by molar-refractivity contribution is -0.384. The number of nitro groups is 1. The monoisotopic (exact) mass is 889 g/mol. The number of amides is 1. The number of aromatic amines is 1. The van der Waals surface area contributed by atoms with E-state index in [-0.39, 0.29) is 23.0 Å². The van der Waals surface area contributed by atoms with Crippen molar-refractivity contribution in [2.75, 3.05) is 69.7 Å². The van der Waals surface area contributed by atoms with E-state index < -0.39 is 31.4 Å². The number of likely N-dealkylation sites (N-methyl/N-ethyl adjacent to an activating group) is 1. The van der Waals surface area contributed by atoms with Gasteiger partial charge in [0.2, 0.25) is 5.82 Å². The van der Waals surface area contributed by atoms with Crippen molar-refractivity contribution in [3.63, 3.8) is 0 Å². The van der Waals surface area contributed by atoms with E-state index in [2.05, 4.69) is 71.0 Å². The normalized spacial score (nSPS) is 21.1. The van der Waals surface area contributed by atoms with E-state index >= 15 is 0 Å². The molecule has 3 saturated heterocycles. The summed E-state index contributed by atoms with van der Waals surface area (Å²) in [5.41, 5.74) is 4.35. The molecule has 1 unspecified atom stereocenters. The number of sulfonamides is 1. The third-order valence-electron chi connectivity index (χ3n) is 14.3. The van der Waals surface area contributed by atoms with E-state index in [9.17, 15) is 23.3 Å². The van der Waals surface area contributed by atoms with Crippen LogP contribution in [0.5, 0.6) is 11.5 Å². The lowest BCUT2D eigenvalue weighted by Gasteiger charge is -2.58. The molecule has 2 aliphatic carbocycles. The SMILES string of the molecule is CN1CCN(C2CC3(CCN(c4ccc(C(=O)NS(=O)(=O)c5cnc(NCC6CCOCC6)c([N+](=O)[O-])c5)c(Oc5cnc6[nH]ccc6c5)c4)CC3)C2)C(c2ccccc2C2CC2)C1. The summed E-state index contributed by atoms with van der Waals surface area (Å²) in [6, 6.07) is 19.8. The van der Waals surface area contributed by atoms with Gasteiger partial charge in [-0.1, -0.05) is 24.3 Å². The Morgan fingerprint density at radius 1 is 0.969 bits per heavy atom. The first kappa shape index (κ1) is 42.3. The van der Waals surface area contributed by atoms with E-state index in [1.165, 1.54) is 31.2 Å². The van der Waals surface area contributed by atoms with Gasteiger partial charge in [0.25, 0.3) is 15.9 Å². The average molecular weight is 890 g/mol. The number of ether oxygens (including phenoxy) is 2. The van der Waals surface area contributed by atoms with Crippen molar-refractivity contribution in [1.29, 1.82) is 0 Å². The van der Waals surface area contributed by atoms with Gasteiger partial charge >= 0.3 is 5.69 Å². The molecule has 2 aromatic carbocycles. The highest BCUT2D eigenvalue weighted by Gasteiger charge is 2.50. The smallest absolute Gasteiger partial charge is 0.312 e. The summed E-state index contributed by atoms with van der Waals surface area (Å²) in [5, 5.41) is 15.9. The van der Waals surface area contributed by atoms with Gasteiger partial charge in [0.05, 0.1) is 22.9 Å². The van der Waals surface area contributed by atoms with Gasteiger partial charge in [-0.2, -0.15) is 0 Å². The first-order valence-electron chi connectivity index (χ1n) is 22.6. The van der Waals surface area contributed by atoms with Crippen LogP contribution in [0.25, 0.3) is 11.0 Å². The largest absolute Gasteiger partial charge is 0.455 e. The van der Waals surface area contributed by atoms with Crippen LogP contribution >= 0.6 is 0 Å². The fourth-order valence-electron chi connectivity index (χ4n) is 10.4. The van der Waals surface area contributed by atoms with Crippen LogP contribution in [0.3, 0.4) is 0 Å². The van der Waals surface area contributed by atoms with Crippen LogP contribution in [0.15, 0.2) is 84.1 Å². The molecule has 0 bridgehead atoms. The number of piperazine rings is 1. The third kappa shape index (κ3) is 8.77. The molecule has 3 aromatic heterocycles. The quantitative estimate of drug-likeness (QED) is 0.0795. The standard InChI is InChI=1S/C47H55N9O7S/c1-53-18-19-55(42(30-53)39-5-3-2-4-38(39)32-6-7-32)35-25-47(26-35)13-16-54(17-14-47)34-8-9-40(43(23-34)63-36-22-33-10-15-48-44(33)50-28-36)46(57)52-64(60,61)37-24-41(56(58)59)45(51-29-37)49-27-31-11-20-62-21-12-31/h2-5,8-10,15,22-24,28-29,31-32,35,42H,6-7,11-14,16-21,25-27,30H2,1H3,(H,48,50)(H,49,51)(H,52,57). The van der Waals surface area contributed by atoms with Crippen molar-refractivity contribution in [3.8, 4) is 11.5 Å². The maximum Gasteiger partial charge on any atom is 0.312 e. The van der Waals surface area contributed by atoms with Crippen molar-refractivity contribution in [3.05, 3.63) is 106 Å². The van der Waals surface area contributed by atoms with Gasteiger partial charge in [-0.05, 0) is 111 Å². The molecule has 3 aliphatic heterocycles. The number of aromatic nitrogens is 3. The van der Waals surface area contributed by atoms with Gasteiger partial charge in [-0.25, -0.2) is 23.1 Å². The van der Waals surface area contributed by atoms with Crippen molar-refractivity contribution in [2.45, 2.75) is 74.3 Å². The summed E-state index contributed by atoms with van der Waals surface area (Å²) in [7, 11) is -2.36. The second-order valence-electron chi connectivity index (χ2n) is 18.5. The maximum atomic E-state index is 14.0. The van der Waals surface area contributed by atoms with Gasteiger partial charge < -0.3 is 29.6 Å². The second kappa shape index (κ2) is 17.4. The van der Waals surface area contributed by atoms with Gasteiger partial charge in [-0.3, -0.25) is 19.8 Å². The van der Waals surface area contributed by atoms with Crippen molar-refractivity contribution in [2.24, 2.45) is 11.3 Å². The number of pyridine rings is 2. The summed E-state index contributed by atoms with van der Waals surface area (Å²) < 4.78 is 41.2. The maximum absolute atomic E-state index is 14.0. The Kier molecular flexibility index (Phi) is 11.5. The number of carbonyl (C=O) groups is 1. The molecule has 5 aliphatic rings. The highest BCUT2D eigenvalue weighted by molar-refractivity contribution is 7.90. The van der Waals surface area contributed by atoms with Gasteiger partial charge in [0.1, 0.15) is 22.0 Å². The Balaban J connectivity index is 0.844. The summed E-state index contributed by atoms with van der Waals surface area (Å²) in [5.74, 6) is 0.466. The van der Waals surface area contributed by atoms with Crippen LogP contribution in [0.4, 0.5) is 17.2 Å². The molecule has 5 aromatic rings. The molecular formula is C47H55N9O7S. The number of nitrogens with zero attached hydrogens (tertiary/aromatic N) is 6. The highest BCUT2D eigenvalue weighted by atomic mass is 32.2. The van der Waals surface area contributed by atoms with Crippen LogP contribution in [-0.2, 0) is 14.8 Å². The zero-order chi connectivity index (χ0) is 44.0. The van der Waals surface area contributed by atoms with Gasteiger partial charge in [0, 0.05) is 94.0 Å². The minimum Gasteiger partial charge on any atom is -0.455 e. The molecule has 336 valence electrons. The second-order valence-corrected chi connectivity index (χ2v) is 20.2. The van der Waals surface area contributed by atoms with Crippen molar-refractivity contribution in [1.82, 2.24) is 29.5 Å². The molecule has 64 heavy (non-hydrogen) atoms. The zero-order valence-corrected chi connectivity index (χ0v) is 36.9. The number of anilines is 2.